The molecule has 0 aromatic rings. The maximum Gasteiger partial charge on any atom is 0.220 e. The quantitative estimate of drug-likeness (QED) is 0.308. The minimum Gasteiger partial charge on any atom is -0.370 e. The molecule has 0 rings (SSSR count). The van der Waals surface area contributed by atoms with E-state index in [1.54, 1.807) is 0 Å². The molecule has 138 valence electrons. The topological polar surface area (TPSA) is 172 Å². The summed E-state index contributed by atoms with van der Waals surface area (Å²) in [6.07, 6.45) is 5.35. The highest BCUT2D eigenvalue weighted by molar-refractivity contribution is 5.77. The number of carbonyl (C=O) groups excluding carboxylic acids is 4. The number of rotatable bonds is 15. The normalized spacial score (nSPS) is 13.2. The fourth-order valence-corrected chi connectivity index (χ4v) is 2.68. The number of hydrogen-bond donors (Lipinski definition) is 4. The van der Waals surface area contributed by atoms with E-state index in [-0.39, 0.29) is 36.5 Å². The molecule has 0 aromatic carbocycles. The van der Waals surface area contributed by atoms with E-state index in [1.165, 1.54) is 0 Å². The summed E-state index contributed by atoms with van der Waals surface area (Å²) >= 11 is 0. The summed E-state index contributed by atoms with van der Waals surface area (Å²) in [5.74, 6) is -2.12. The van der Waals surface area contributed by atoms with E-state index in [2.05, 4.69) is 0 Å². The van der Waals surface area contributed by atoms with Crippen LogP contribution in [0.5, 0.6) is 0 Å². The minimum absolute atomic E-state index is 0.243. The van der Waals surface area contributed by atoms with Crippen LogP contribution in [0.1, 0.15) is 64.2 Å². The summed E-state index contributed by atoms with van der Waals surface area (Å²) in [4.78, 5) is 44.2. The molecule has 24 heavy (non-hydrogen) atoms. The van der Waals surface area contributed by atoms with Crippen LogP contribution >= 0.6 is 0 Å². The molecular weight excluding hydrogens is 312 g/mol. The van der Waals surface area contributed by atoms with E-state index in [1.807, 2.05) is 0 Å². The van der Waals surface area contributed by atoms with Crippen LogP contribution in [0.4, 0.5) is 0 Å². The maximum absolute atomic E-state index is 11.4. The lowest BCUT2D eigenvalue weighted by Crippen LogP contribution is -2.25. The summed E-state index contributed by atoms with van der Waals surface area (Å²) in [7, 11) is 0. The van der Waals surface area contributed by atoms with Gasteiger partial charge < -0.3 is 22.9 Å². The summed E-state index contributed by atoms with van der Waals surface area (Å²) < 4.78 is 0. The Labute approximate surface area is 142 Å². The number of hydrogen-bond acceptors (Lipinski definition) is 4. The first-order valence-electron chi connectivity index (χ1n) is 8.39. The standard InChI is InChI=1S/C16H30N4O4/c17-13(21)9-3-7-11(15(19)23)5-1-2-6-12(16(20)24)8-4-10-14(18)22/h11-12H,1-10H2,(H2,17,21)(H2,18,22)(H2,19,23)(H2,20,24). The molecule has 8 N–H and O–H groups in total. The second-order valence-corrected chi connectivity index (χ2v) is 6.20. The zero-order chi connectivity index (χ0) is 18.5. The van der Waals surface area contributed by atoms with Crippen molar-refractivity contribution in [3.63, 3.8) is 0 Å². The summed E-state index contributed by atoms with van der Waals surface area (Å²) in [6.45, 7) is 0. The van der Waals surface area contributed by atoms with Crippen LogP contribution in [0, 0.1) is 11.8 Å². The van der Waals surface area contributed by atoms with Gasteiger partial charge in [0.2, 0.25) is 23.6 Å². The van der Waals surface area contributed by atoms with Crippen LogP contribution in [0.2, 0.25) is 0 Å². The molecule has 8 nitrogen and oxygen atoms in total. The van der Waals surface area contributed by atoms with Gasteiger partial charge in [-0.05, 0) is 38.5 Å². The maximum atomic E-state index is 11.4. The van der Waals surface area contributed by atoms with Gasteiger partial charge in [-0.2, -0.15) is 0 Å². The van der Waals surface area contributed by atoms with Crippen molar-refractivity contribution in [1.82, 2.24) is 0 Å². The van der Waals surface area contributed by atoms with E-state index >= 15 is 0 Å². The molecule has 0 saturated heterocycles. The van der Waals surface area contributed by atoms with Gasteiger partial charge >= 0.3 is 0 Å². The monoisotopic (exact) mass is 342 g/mol. The Kier molecular flexibility index (Phi) is 11.2. The first-order valence-corrected chi connectivity index (χ1v) is 8.39. The van der Waals surface area contributed by atoms with Gasteiger partial charge in [-0.3, -0.25) is 19.2 Å². The third-order valence-electron chi connectivity index (χ3n) is 4.11. The van der Waals surface area contributed by atoms with E-state index in [4.69, 9.17) is 22.9 Å². The van der Waals surface area contributed by atoms with Crippen molar-refractivity contribution in [2.24, 2.45) is 34.8 Å². The fraction of sp³-hybridized carbons (Fsp3) is 0.750. The zero-order valence-corrected chi connectivity index (χ0v) is 14.2. The van der Waals surface area contributed by atoms with Gasteiger partial charge in [0.05, 0.1) is 0 Å². The molecule has 2 unspecified atom stereocenters. The number of nitrogens with two attached hydrogens (primary N) is 4. The zero-order valence-electron chi connectivity index (χ0n) is 14.2. The van der Waals surface area contributed by atoms with Gasteiger partial charge in [0.25, 0.3) is 0 Å². The molecule has 0 aliphatic rings. The number of amides is 4. The Hall–Kier alpha value is -2.12. The van der Waals surface area contributed by atoms with E-state index < -0.39 is 11.8 Å². The molecule has 0 bridgehead atoms. The summed E-state index contributed by atoms with van der Waals surface area (Å²) in [6, 6.07) is 0. The second kappa shape index (κ2) is 12.3. The lowest BCUT2D eigenvalue weighted by atomic mass is 9.91. The van der Waals surface area contributed by atoms with Crippen LogP contribution in [0.25, 0.3) is 0 Å². The number of carbonyl (C=O) groups is 4. The molecular formula is C16H30N4O4. The van der Waals surface area contributed by atoms with Gasteiger partial charge in [-0.15, -0.1) is 0 Å². The van der Waals surface area contributed by atoms with Crippen LogP contribution in [0.15, 0.2) is 0 Å². The van der Waals surface area contributed by atoms with E-state index in [0.29, 0.717) is 38.5 Å². The van der Waals surface area contributed by atoms with E-state index in [0.717, 1.165) is 12.8 Å². The SMILES string of the molecule is NC(=O)CCCC(CCCCC(CCCC(N)=O)C(N)=O)C(N)=O. The molecule has 0 fully saturated rings. The van der Waals surface area contributed by atoms with Gasteiger partial charge in [-0.1, -0.05) is 12.8 Å². The molecule has 0 spiro atoms. The molecule has 0 radical (unpaired) electrons. The first kappa shape index (κ1) is 21.9. The largest absolute Gasteiger partial charge is 0.370 e. The molecule has 0 saturated carbocycles. The summed E-state index contributed by atoms with van der Waals surface area (Å²) in [5, 5.41) is 0. The van der Waals surface area contributed by atoms with E-state index in [9.17, 15) is 19.2 Å². The highest BCUT2D eigenvalue weighted by atomic mass is 16.2. The van der Waals surface area contributed by atoms with Crippen molar-refractivity contribution in [2.45, 2.75) is 64.2 Å². The van der Waals surface area contributed by atoms with Crippen molar-refractivity contribution < 1.29 is 19.2 Å². The minimum atomic E-state index is -0.390. The average molecular weight is 342 g/mol. The molecule has 0 aromatic heterocycles. The molecule has 2 atom stereocenters. The average Bonchev–Trinajstić information content (AvgIpc) is 2.46. The van der Waals surface area contributed by atoms with Crippen LogP contribution in [-0.2, 0) is 19.2 Å². The predicted molar refractivity (Wildman–Crippen MR) is 89.9 cm³/mol. The highest BCUT2D eigenvalue weighted by Crippen LogP contribution is 2.20. The summed E-state index contributed by atoms with van der Waals surface area (Å²) in [5.41, 5.74) is 20.9. The third-order valence-corrected chi connectivity index (χ3v) is 4.11. The van der Waals surface area contributed by atoms with Crippen molar-refractivity contribution in [3.8, 4) is 0 Å². The van der Waals surface area contributed by atoms with Gasteiger partial charge in [0, 0.05) is 24.7 Å². The van der Waals surface area contributed by atoms with Gasteiger partial charge in [0.15, 0.2) is 0 Å². The van der Waals surface area contributed by atoms with Crippen molar-refractivity contribution in [2.75, 3.05) is 0 Å². The van der Waals surface area contributed by atoms with Gasteiger partial charge in [-0.25, -0.2) is 0 Å². The van der Waals surface area contributed by atoms with Crippen molar-refractivity contribution in [1.29, 1.82) is 0 Å². The number of primary amides is 4. The molecule has 8 heteroatoms. The van der Waals surface area contributed by atoms with Crippen molar-refractivity contribution >= 4 is 23.6 Å². The van der Waals surface area contributed by atoms with Crippen LogP contribution in [-0.4, -0.2) is 23.6 Å². The van der Waals surface area contributed by atoms with Gasteiger partial charge in [0.1, 0.15) is 0 Å². The van der Waals surface area contributed by atoms with Crippen molar-refractivity contribution in [3.05, 3.63) is 0 Å². The smallest absolute Gasteiger partial charge is 0.220 e. The van der Waals surface area contributed by atoms with Crippen LogP contribution in [0.3, 0.4) is 0 Å². The predicted octanol–water partition coefficient (Wildman–Crippen LogP) is 0.0610. The molecule has 4 amide bonds. The lowest BCUT2D eigenvalue weighted by Gasteiger charge is -2.15. The Morgan fingerprint density at radius 2 is 0.833 bits per heavy atom. The highest BCUT2D eigenvalue weighted by Gasteiger charge is 2.18. The Morgan fingerprint density at radius 1 is 0.542 bits per heavy atom. The second-order valence-electron chi connectivity index (χ2n) is 6.20. The Balaban J connectivity index is 4.09. The molecule has 0 aliphatic carbocycles. The lowest BCUT2D eigenvalue weighted by molar-refractivity contribution is -0.123. The Bertz CT molecular complexity index is 400. The molecule has 0 heterocycles. The Morgan fingerprint density at radius 3 is 1.08 bits per heavy atom. The molecule has 0 aliphatic heterocycles. The first-order chi connectivity index (χ1) is 11.2. The van der Waals surface area contributed by atoms with Crippen LogP contribution < -0.4 is 22.9 Å². The fourth-order valence-electron chi connectivity index (χ4n) is 2.68. The number of unbranched alkanes of at least 4 members (excludes halogenated alkanes) is 1. The third kappa shape index (κ3) is 11.4.